The lowest BCUT2D eigenvalue weighted by Gasteiger charge is -2.28. The molecule has 0 saturated carbocycles. The van der Waals surface area contributed by atoms with Crippen molar-refractivity contribution in [3.63, 3.8) is 0 Å². The van der Waals surface area contributed by atoms with E-state index in [2.05, 4.69) is 24.1 Å². The first-order valence-electron chi connectivity index (χ1n) is 5.75. The van der Waals surface area contributed by atoms with Crippen LogP contribution in [0.25, 0.3) is 0 Å². The largest absolute Gasteiger partial charge is 0.495 e. The van der Waals surface area contributed by atoms with E-state index in [4.69, 9.17) is 9.47 Å². The van der Waals surface area contributed by atoms with Crippen LogP contribution in [0.4, 0.5) is 0 Å². The zero-order valence-corrected chi connectivity index (χ0v) is 11.3. The summed E-state index contributed by atoms with van der Waals surface area (Å²) < 4.78 is 10.8. The number of nitrogens with one attached hydrogen (secondary N) is 1. The Morgan fingerprint density at radius 2 is 2.12 bits per heavy atom. The molecule has 96 valence electrons. The van der Waals surface area contributed by atoms with Crippen LogP contribution in [0.5, 0.6) is 5.75 Å². The third-order valence-electron chi connectivity index (χ3n) is 2.95. The quantitative estimate of drug-likeness (QED) is 0.825. The third-order valence-corrected chi connectivity index (χ3v) is 2.95. The van der Waals surface area contributed by atoms with Gasteiger partial charge in [-0.15, -0.1) is 0 Å². The van der Waals surface area contributed by atoms with Crippen LogP contribution in [0.2, 0.25) is 0 Å². The molecule has 1 atom stereocenters. The molecule has 0 spiro atoms. The predicted molar refractivity (Wildman–Crippen MR) is 68.3 cm³/mol. The van der Waals surface area contributed by atoms with E-state index in [1.54, 1.807) is 20.4 Å². The molecule has 1 N–H and O–H groups in total. The highest BCUT2D eigenvalue weighted by atomic mass is 16.5. The maximum atomic E-state index is 5.46. The Morgan fingerprint density at radius 1 is 1.41 bits per heavy atom. The van der Waals surface area contributed by atoms with Crippen LogP contribution in [0.15, 0.2) is 18.3 Å². The number of aromatic nitrogens is 1. The number of ether oxygens (including phenoxy) is 2. The Morgan fingerprint density at radius 3 is 2.65 bits per heavy atom. The Bertz CT molecular complexity index is 353. The molecule has 4 heteroatoms. The lowest BCUT2D eigenvalue weighted by Crippen LogP contribution is -2.31. The monoisotopic (exact) mass is 238 g/mol. The molecule has 0 saturated heterocycles. The summed E-state index contributed by atoms with van der Waals surface area (Å²) >= 11 is 0. The van der Waals surface area contributed by atoms with Crippen molar-refractivity contribution >= 4 is 0 Å². The summed E-state index contributed by atoms with van der Waals surface area (Å²) in [4.78, 5) is 4.40. The summed E-state index contributed by atoms with van der Waals surface area (Å²) in [5.41, 5.74) is 0.721. The van der Waals surface area contributed by atoms with Crippen molar-refractivity contribution in [2.45, 2.75) is 31.9 Å². The Balaban J connectivity index is 2.93. The van der Waals surface area contributed by atoms with E-state index < -0.39 is 0 Å². The summed E-state index contributed by atoms with van der Waals surface area (Å²) in [6.45, 7) is 4.12. The number of nitrogens with zero attached hydrogens (tertiary/aromatic N) is 1. The van der Waals surface area contributed by atoms with E-state index in [-0.39, 0.29) is 11.6 Å². The second-order valence-corrected chi connectivity index (χ2v) is 4.60. The van der Waals surface area contributed by atoms with Gasteiger partial charge >= 0.3 is 0 Å². The van der Waals surface area contributed by atoms with Crippen molar-refractivity contribution in [3.05, 3.63) is 24.0 Å². The minimum Gasteiger partial charge on any atom is -0.495 e. The zero-order chi connectivity index (χ0) is 12.9. The van der Waals surface area contributed by atoms with E-state index in [9.17, 15) is 0 Å². The lowest BCUT2D eigenvalue weighted by molar-refractivity contribution is 0.00693. The van der Waals surface area contributed by atoms with Crippen molar-refractivity contribution in [1.29, 1.82) is 0 Å². The lowest BCUT2D eigenvalue weighted by atomic mass is 9.96. The Kier molecular flexibility index (Phi) is 4.90. The highest BCUT2D eigenvalue weighted by Crippen LogP contribution is 2.29. The second kappa shape index (κ2) is 5.98. The van der Waals surface area contributed by atoms with Crippen LogP contribution >= 0.6 is 0 Å². The van der Waals surface area contributed by atoms with Crippen molar-refractivity contribution in [3.8, 4) is 5.75 Å². The van der Waals surface area contributed by atoms with Crippen LogP contribution < -0.4 is 10.1 Å². The normalized spacial score (nSPS) is 13.5. The van der Waals surface area contributed by atoms with Gasteiger partial charge in [0.1, 0.15) is 5.75 Å². The van der Waals surface area contributed by atoms with E-state index in [1.165, 1.54) is 0 Å². The zero-order valence-electron chi connectivity index (χ0n) is 11.3. The molecule has 17 heavy (non-hydrogen) atoms. The maximum absolute atomic E-state index is 5.46. The first-order valence-corrected chi connectivity index (χ1v) is 5.75. The van der Waals surface area contributed by atoms with Crippen LogP contribution in [-0.4, -0.2) is 31.9 Å². The number of pyridine rings is 1. The highest BCUT2D eigenvalue weighted by molar-refractivity contribution is 5.29. The van der Waals surface area contributed by atoms with Crippen molar-refractivity contribution in [2.24, 2.45) is 0 Å². The highest BCUT2D eigenvalue weighted by Gasteiger charge is 2.25. The minimum absolute atomic E-state index is 0.112. The molecule has 0 radical (unpaired) electrons. The third kappa shape index (κ3) is 3.68. The maximum Gasteiger partial charge on any atom is 0.141 e. The summed E-state index contributed by atoms with van der Waals surface area (Å²) in [5, 5.41) is 3.26. The van der Waals surface area contributed by atoms with Crippen LogP contribution in [-0.2, 0) is 4.74 Å². The molecule has 0 fully saturated rings. The van der Waals surface area contributed by atoms with Gasteiger partial charge in [0.25, 0.3) is 0 Å². The standard InChI is InChI=1S/C13H22N2O2/c1-13(2,17-5)9-10(14-3)12-11(16-4)7-6-8-15-12/h6-8,10,14H,9H2,1-5H3. The average Bonchev–Trinajstić information content (AvgIpc) is 2.36. The fourth-order valence-corrected chi connectivity index (χ4v) is 1.75. The van der Waals surface area contributed by atoms with E-state index in [1.807, 2.05) is 19.2 Å². The number of rotatable bonds is 6. The first kappa shape index (κ1) is 13.9. The van der Waals surface area contributed by atoms with Crippen molar-refractivity contribution in [1.82, 2.24) is 10.3 Å². The summed E-state index contributed by atoms with van der Waals surface area (Å²) in [6.07, 6.45) is 2.61. The Hall–Kier alpha value is -1.13. The summed E-state index contributed by atoms with van der Waals surface area (Å²) in [7, 11) is 5.31. The van der Waals surface area contributed by atoms with Gasteiger partial charge in [-0.05, 0) is 39.4 Å². The molecule has 0 aliphatic carbocycles. The van der Waals surface area contributed by atoms with Gasteiger partial charge in [-0.3, -0.25) is 4.98 Å². The number of methoxy groups -OCH3 is 2. The molecule has 0 amide bonds. The van der Waals surface area contributed by atoms with E-state index >= 15 is 0 Å². The molecule has 0 aliphatic rings. The second-order valence-electron chi connectivity index (χ2n) is 4.60. The predicted octanol–water partition coefficient (Wildman–Crippen LogP) is 2.17. The smallest absolute Gasteiger partial charge is 0.141 e. The summed E-state index contributed by atoms with van der Waals surface area (Å²) in [6, 6.07) is 3.91. The fourth-order valence-electron chi connectivity index (χ4n) is 1.75. The fraction of sp³-hybridized carbons (Fsp3) is 0.615. The molecule has 1 aromatic rings. The molecule has 1 aromatic heterocycles. The van der Waals surface area contributed by atoms with Gasteiger partial charge in [0.2, 0.25) is 0 Å². The molecule has 4 nitrogen and oxygen atoms in total. The molecule has 1 unspecified atom stereocenters. The molecule has 1 heterocycles. The summed E-state index contributed by atoms with van der Waals surface area (Å²) in [5.74, 6) is 0.804. The van der Waals surface area contributed by atoms with Crippen LogP contribution in [0.1, 0.15) is 32.0 Å². The van der Waals surface area contributed by atoms with E-state index in [0.29, 0.717) is 0 Å². The molecular formula is C13H22N2O2. The SMILES string of the molecule is CNC(CC(C)(C)OC)c1ncccc1OC. The average molecular weight is 238 g/mol. The van der Waals surface area contributed by atoms with E-state index in [0.717, 1.165) is 17.9 Å². The van der Waals surface area contributed by atoms with Gasteiger partial charge < -0.3 is 14.8 Å². The topological polar surface area (TPSA) is 43.4 Å². The molecule has 0 aromatic carbocycles. The van der Waals surface area contributed by atoms with Crippen molar-refractivity contribution in [2.75, 3.05) is 21.3 Å². The molecule has 1 rings (SSSR count). The number of hydrogen-bond acceptors (Lipinski definition) is 4. The first-order chi connectivity index (χ1) is 8.04. The van der Waals surface area contributed by atoms with Gasteiger partial charge in [0, 0.05) is 13.3 Å². The van der Waals surface area contributed by atoms with Gasteiger partial charge in [-0.2, -0.15) is 0 Å². The van der Waals surface area contributed by atoms with Gasteiger partial charge in [-0.1, -0.05) is 0 Å². The van der Waals surface area contributed by atoms with Crippen LogP contribution in [0.3, 0.4) is 0 Å². The minimum atomic E-state index is -0.198. The van der Waals surface area contributed by atoms with Crippen LogP contribution in [0, 0.1) is 0 Å². The van der Waals surface area contributed by atoms with Gasteiger partial charge in [-0.25, -0.2) is 0 Å². The van der Waals surface area contributed by atoms with Gasteiger partial charge in [0.05, 0.1) is 24.4 Å². The Labute approximate surface area is 103 Å². The van der Waals surface area contributed by atoms with Crippen molar-refractivity contribution < 1.29 is 9.47 Å². The molecular weight excluding hydrogens is 216 g/mol. The molecule has 0 bridgehead atoms. The number of hydrogen-bond donors (Lipinski definition) is 1. The molecule has 0 aliphatic heterocycles. The van der Waals surface area contributed by atoms with Gasteiger partial charge in [0.15, 0.2) is 0 Å².